The number of hydrogen-bond acceptors (Lipinski definition) is 2. The van der Waals surface area contributed by atoms with Crippen molar-refractivity contribution in [2.24, 2.45) is 0 Å². The quantitative estimate of drug-likeness (QED) is 0.726. The number of aryl methyl sites for hydroxylation is 1. The molecule has 0 aliphatic rings. The fraction of sp³-hybridized carbons (Fsp3) is 0.200. The maximum atomic E-state index is 4.37. The molecule has 0 aliphatic heterocycles. The van der Waals surface area contributed by atoms with Gasteiger partial charge in [0, 0.05) is 14.1 Å². The highest BCUT2D eigenvalue weighted by atomic mass is 79.9. The molecule has 1 heterocycles. The Hall–Kier alpha value is 0.01000. The molecular weight excluding hydrogens is 264 g/mol. The van der Waals surface area contributed by atoms with E-state index < -0.39 is 0 Å². The highest BCUT2D eigenvalue weighted by Gasteiger charge is 2.07. The predicted molar refractivity (Wildman–Crippen MR) is 66.2 cm³/mol. The lowest BCUT2D eigenvalue weighted by molar-refractivity contribution is 1.17. The van der Waals surface area contributed by atoms with Crippen molar-refractivity contribution in [2.45, 2.75) is 18.2 Å². The molecule has 0 fully saturated rings. The van der Waals surface area contributed by atoms with Crippen LogP contribution in [0.3, 0.4) is 0 Å². The van der Waals surface area contributed by atoms with E-state index in [0.29, 0.717) is 0 Å². The standard InChI is InChI=1S/C10H9BrS2/c1-2-6-5-13-10-7(6)3-4-8(12)9(10)11/h3-5,12H,2H2,1H3. The number of halogens is 1. The number of benzene rings is 1. The summed E-state index contributed by atoms with van der Waals surface area (Å²) in [5.41, 5.74) is 1.43. The minimum atomic E-state index is 1.01. The van der Waals surface area contributed by atoms with Crippen LogP contribution >= 0.6 is 39.9 Å². The molecule has 0 N–H and O–H groups in total. The van der Waals surface area contributed by atoms with E-state index in [1.54, 1.807) is 11.3 Å². The van der Waals surface area contributed by atoms with Gasteiger partial charge in [-0.25, -0.2) is 0 Å². The first kappa shape index (κ1) is 9.56. The Bertz CT molecular complexity index is 445. The van der Waals surface area contributed by atoms with E-state index in [1.165, 1.54) is 15.6 Å². The van der Waals surface area contributed by atoms with E-state index in [0.717, 1.165) is 15.8 Å². The van der Waals surface area contributed by atoms with Crippen molar-refractivity contribution >= 4 is 50.0 Å². The van der Waals surface area contributed by atoms with Crippen molar-refractivity contribution in [1.29, 1.82) is 0 Å². The minimum absolute atomic E-state index is 1.01. The smallest absolute Gasteiger partial charge is 0.0498 e. The van der Waals surface area contributed by atoms with Crippen LogP contribution in [0.5, 0.6) is 0 Å². The lowest BCUT2D eigenvalue weighted by atomic mass is 10.1. The summed E-state index contributed by atoms with van der Waals surface area (Å²) in [6.45, 7) is 2.18. The molecule has 0 unspecified atom stereocenters. The Kier molecular flexibility index (Phi) is 2.67. The van der Waals surface area contributed by atoms with Crippen LogP contribution in [0.2, 0.25) is 0 Å². The lowest BCUT2D eigenvalue weighted by Gasteiger charge is -1.99. The van der Waals surface area contributed by atoms with E-state index in [1.807, 2.05) is 6.07 Å². The fourth-order valence-electron chi connectivity index (χ4n) is 1.38. The van der Waals surface area contributed by atoms with Crippen molar-refractivity contribution in [1.82, 2.24) is 0 Å². The Morgan fingerprint density at radius 3 is 2.92 bits per heavy atom. The van der Waals surface area contributed by atoms with Crippen molar-refractivity contribution in [2.75, 3.05) is 0 Å². The molecular formula is C10H9BrS2. The molecule has 0 bridgehead atoms. The molecule has 0 nitrogen and oxygen atoms in total. The van der Waals surface area contributed by atoms with Crippen LogP contribution in [0.15, 0.2) is 26.9 Å². The molecule has 2 aromatic rings. The zero-order valence-corrected chi connectivity index (χ0v) is 10.5. The molecule has 0 radical (unpaired) electrons. The molecule has 13 heavy (non-hydrogen) atoms. The molecule has 0 amide bonds. The molecule has 0 atom stereocenters. The van der Waals surface area contributed by atoms with Crippen molar-refractivity contribution in [3.05, 3.63) is 27.5 Å². The molecule has 1 aromatic heterocycles. The first-order chi connectivity index (χ1) is 6.24. The molecule has 2 rings (SSSR count). The summed E-state index contributed by atoms with van der Waals surface area (Å²) >= 11 is 9.71. The van der Waals surface area contributed by atoms with Gasteiger partial charge in [0.05, 0.1) is 0 Å². The SMILES string of the molecule is CCc1csc2c(Br)c(S)ccc12. The van der Waals surface area contributed by atoms with E-state index in [4.69, 9.17) is 0 Å². The summed E-state index contributed by atoms with van der Waals surface area (Å²) in [4.78, 5) is 1.01. The number of rotatable bonds is 1. The van der Waals surface area contributed by atoms with Crippen LogP contribution in [-0.4, -0.2) is 0 Å². The van der Waals surface area contributed by atoms with Crippen LogP contribution in [0.1, 0.15) is 12.5 Å². The van der Waals surface area contributed by atoms with Crippen molar-refractivity contribution in [3.8, 4) is 0 Å². The summed E-state index contributed by atoms with van der Waals surface area (Å²) in [5, 5.41) is 3.58. The van der Waals surface area contributed by atoms with E-state index in [2.05, 4.69) is 46.9 Å². The van der Waals surface area contributed by atoms with Gasteiger partial charge in [-0.3, -0.25) is 0 Å². The van der Waals surface area contributed by atoms with Crippen molar-refractivity contribution in [3.63, 3.8) is 0 Å². The first-order valence-electron chi connectivity index (χ1n) is 4.11. The van der Waals surface area contributed by atoms with Gasteiger partial charge >= 0.3 is 0 Å². The summed E-state index contributed by atoms with van der Waals surface area (Å²) in [6.07, 6.45) is 1.10. The van der Waals surface area contributed by atoms with E-state index in [-0.39, 0.29) is 0 Å². The molecule has 68 valence electrons. The summed E-state index contributed by atoms with van der Waals surface area (Å²) in [5.74, 6) is 0. The third-order valence-electron chi connectivity index (χ3n) is 2.12. The first-order valence-corrected chi connectivity index (χ1v) is 6.23. The number of thiophene rings is 1. The topological polar surface area (TPSA) is 0 Å². The number of thiol groups is 1. The predicted octanol–water partition coefficient (Wildman–Crippen LogP) is 4.51. The maximum Gasteiger partial charge on any atom is 0.0498 e. The molecule has 0 saturated carbocycles. The third kappa shape index (κ3) is 1.53. The van der Waals surface area contributed by atoms with Crippen LogP contribution in [0.4, 0.5) is 0 Å². The van der Waals surface area contributed by atoms with Gasteiger partial charge in [-0.1, -0.05) is 13.0 Å². The van der Waals surface area contributed by atoms with Gasteiger partial charge in [-0.05, 0) is 44.7 Å². The van der Waals surface area contributed by atoms with E-state index in [9.17, 15) is 0 Å². The molecule has 0 saturated heterocycles. The average molecular weight is 273 g/mol. The van der Waals surface area contributed by atoms with E-state index >= 15 is 0 Å². The summed E-state index contributed by atoms with van der Waals surface area (Å²) in [6, 6.07) is 4.19. The van der Waals surface area contributed by atoms with Gasteiger partial charge in [0.25, 0.3) is 0 Å². The van der Waals surface area contributed by atoms with Crippen LogP contribution in [0.25, 0.3) is 10.1 Å². The normalized spacial score (nSPS) is 11.0. The zero-order chi connectivity index (χ0) is 9.42. The molecule has 0 spiro atoms. The number of hydrogen-bond donors (Lipinski definition) is 1. The third-order valence-corrected chi connectivity index (χ3v) is 4.95. The molecule has 0 aliphatic carbocycles. The van der Waals surface area contributed by atoms with Gasteiger partial charge in [-0.2, -0.15) is 0 Å². The lowest BCUT2D eigenvalue weighted by Crippen LogP contribution is -1.76. The summed E-state index contributed by atoms with van der Waals surface area (Å²) in [7, 11) is 0. The maximum absolute atomic E-state index is 4.37. The van der Waals surface area contributed by atoms with Gasteiger partial charge in [0.2, 0.25) is 0 Å². The zero-order valence-electron chi connectivity index (χ0n) is 7.17. The highest BCUT2D eigenvalue weighted by molar-refractivity contribution is 9.10. The highest BCUT2D eigenvalue weighted by Crippen LogP contribution is 2.36. The Morgan fingerprint density at radius 1 is 1.46 bits per heavy atom. The van der Waals surface area contributed by atoms with Crippen LogP contribution in [-0.2, 0) is 6.42 Å². The second kappa shape index (κ2) is 3.64. The fourth-order valence-corrected chi connectivity index (χ4v) is 3.36. The Labute approximate surface area is 95.5 Å². The van der Waals surface area contributed by atoms with Gasteiger partial charge in [0.15, 0.2) is 0 Å². The van der Waals surface area contributed by atoms with Gasteiger partial charge < -0.3 is 0 Å². The number of fused-ring (bicyclic) bond motifs is 1. The Morgan fingerprint density at radius 2 is 2.23 bits per heavy atom. The monoisotopic (exact) mass is 272 g/mol. The van der Waals surface area contributed by atoms with Gasteiger partial charge in [-0.15, -0.1) is 24.0 Å². The molecule has 1 aromatic carbocycles. The molecule has 3 heteroatoms. The summed E-state index contributed by atoms with van der Waals surface area (Å²) < 4.78 is 2.43. The second-order valence-corrected chi connectivity index (χ2v) is 5.04. The second-order valence-electron chi connectivity index (χ2n) is 2.89. The van der Waals surface area contributed by atoms with Crippen LogP contribution in [0, 0.1) is 0 Å². The Balaban J connectivity index is 2.81. The largest absolute Gasteiger partial charge is 0.142 e. The van der Waals surface area contributed by atoms with Crippen molar-refractivity contribution < 1.29 is 0 Å². The van der Waals surface area contributed by atoms with Crippen LogP contribution < -0.4 is 0 Å². The average Bonchev–Trinajstić information content (AvgIpc) is 2.55. The minimum Gasteiger partial charge on any atom is -0.142 e. The van der Waals surface area contributed by atoms with Gasteiger partial charge in [0.1, 0.15) is 0 Å².